The number of nitrogens with one attached hydrogen (secondary N) is 3. The second-order valence-electron chi connectivity index (χ2n) is 4.73. The van der Waals surface area contributed by atoms with E-state index in [1.165, 1.54) is 0 Å². The summed E-state index contributed by atoms with van der Waals surface area (Å²) in [5.41, 5.74) is 2.93. The van der Waals surface area contributed by atoms with Gasteiger partial charge >= 0.3 is 11.8 Å². The van der Waals surface area contributed by atoms with Crippen molar-refractivity contribution in [3.05, 3.63) is 54.4 Å². The third-order valence-corrected chi connectivity index (χ3v) is 3.16. The highest BCUT2D eigenvalue weighted by Gasteiger charge is 2.14. The van der Waals surface area contributed by atoms with Crippen LogP contribution in [0.15, 0.2) is 48.8 Å². The topological polar surface area (TPSA) is 111 Å². The SMILES string of the molecule is N#Cc1ccc(NC(=O)C(=O)Nc2ccc3nc[nH]c3c2)cc1. The number of benzene rings is 2. The van der Waals surface area contributed by atoms with Crippen molar-refractivity contribution in [2.45, 2.75) is 0 Å². The minimum atomic E-state index is -0.792. The molecule has 3 N–H and O–H groups in total. The van der Waals surface area contributed by atoms with Crippen LogP contribution in [0.1, 0.15) is 5.56 Å². The van der Waals surface area contributed by atoms with E-state index in [1.54, 1.807) is 48.8 Å². The molecule has 0 radical (unpaired) electrons. The number of H-pyrrole nitrogens is 1. The predicted octanol–water partition coefficient (Wildman–Crippen LogP) is 2.01. The number of amides is 2. The number of carbonyl (C=O) groups excluding carboxylic acids is 2. The molecule has 0 aliphatic rings. The second kappa shape index (κ2) is 5.99. The van der Waals surface area contributed by atoms with Gasteiger partial charge in [0.15, 0.2) is 0 Å². The molecule has 0 atom stereocenters. The molecular weight excluding hydrogens is 294 g/mol. The summed E-state index contributed by atoms with van der Waals surface area (Å²) in [6, 6.07) is 13.3. The second-order valence-corrected chi connectivity index (χ2v) is 4.73. The molecule has 3 rings (SSSR count). The van der Waals surface area contributed by atoms with Gasteiger partial charge < -0.3 is 15.6 Å². The van der Waals surface area contributed by atoms with Crippen LogP contribution in [-0.4, -0.2) is 21.8 Å². The van der Waals surface area contributed by atoms with Gasteiger partial charge in [-0.3, -0.25) is 9.59 Å². The Hall–Kier alpha value is -3.66. The number of carbonyl (C=O) groups is 2. The van der Waals surface area contributed by atoms with Crippen LogP contribution in [0.2, 0.25) is 0 Å². The smallest absolute Gasteiger partial charge is 0.314 e. The number of nitrogens with zero attached hydrogens (tertiary/aromatic N) is 2. The van der Waals surface area contributed by atoms with Crippen molar-refractivity contribution in [3.63, 3.8) is 0 Å². The van der Waals surface area contributed by atoms with Crippen molar-refractivity contribution < 1.29 is 9.59 Å². The van der Waals surface area contributed by atoms with Crippen molar-refractivity contribution in [2.24, 2.45) is 0 Å². The molecule has 0 unspecified atom stereocenters. The quantitative estimate of drug-likeness (QED) is 0.629. The van der Waals surface area contributed by atoms with Gasteiger partial charge in [0.05, 0.1) is 29.0 Å². The molecule has 0 spiro atoms. The third kappa shape index (κ3) is 3.16. The fourth-order valence-corrected chi connectivity index (χ4v) is 2.02. The molecule has 0 aliphatic heterocycles. The number of anilines is 2. The van der Waals surface area contributed by atoms with E-state index in [4.69, 9.17) is 5.26 Å². The number of aromatic amines is 1. The molecule has 0 aliphatic carbocycles. The fraction of sp³-hybridized carbons (Fsp3) is 0. The summed E-state index contributed by atoms with van der Waals surface area (Å²) in [6.07, 6.45) is 1.55. The standard InChI is InChI=1S/C16H11N5O2/c17-8-10-1-3-11(4-2-10)20-15(22)16(23)21-12-5-6-13-14(7-12)19-9-18-13/h1-7,9H,(H,18,19)(H,20,22)(H,21,23). The van der Waals surface area contributed by atoms with Crippen molar-refractivity contribution in [1.29, 1.82) is 5.26 Å². The van der Waals surface area contributed by atoms with Crippen molar-refractivity contribution in [1.82, 2.24) is 9.97 Å². The maximum Gasteiger partial charge on any atom is 0.314 e. The number of rotatable bonds is 2. The first-order valence-corrected chi connectivity index (χ1v) is 6.71. The first-order chi connectivity index (χ1) is 11.2. The number of hydrogen-bond acceptors (Lipinski definition) is 4. The Morgan fingerprint density at radius 3 is 2.35 bits per heavy atom. The van der Waals surface area contributed by atoms with E-state index in [0.29, 0.717) is 16.9 Å². The molecule has 0 fully saturated rings. The highest BCUT2D eigenvalue weighted by atomic mass is 16.2. The van der Waals surface area contributed by atoms with Crippen LogP contribution >= 0.6 is 0 Å². The van der Waals surface area contributed by atoms with E-state index in [9.17, 15) is 9.59 Å². The van der Waals surface area contributed by atoms with Crippen molar-refractivity contribution in [3.8, 4) is 6.07 Å². The zero-order chi connectivity index (χ0) is 16.2. The Bertz CT molecular complexity index is 922. The number of nitriles is 1. The van der Waals surface area contributed by atoms with E-state index in [1.807, 2.05) is 6.07 Å². The van der Waals surface area contributed by atoms with Gasteiger partial charge in [-0.1, -0.05) is 0 Å². The Morgan fingerprint density at radius 1 is 1.00 bits per heavy atom. The van der Waals surface area contributed by atoms with Gasteiger partial charge in [0, 0.05) is 11.4 Å². The van der Waals surface area contributed by atoms with Crippen LogP contribution in [0.3, 0.4) is 0 Å². The minimum absolute atomic E-state index is 0.438. The molecule has 1 heterocycles. The van der Waals surface area contributed by atoms with E-state index < -0.39 is 11.8 Å². The van der Waals surface area contributed by atoms with Gasteiger partial charge in [-0.15, -0.1) is 0 Å². The normalized spacial score (nSPS) is 10.0. The van der Waals surface area contributed by atoms with Crippen LogP contribution in [0.5, 0.6) is 0 Å². The Balaban J connectivity index is 1.66. The molecule has 0 saturated heterocycles. The lowest BCUT2D eigenvalue weighted by atomic mass is 10.2. The van der Waals surface area contributed by atoms with E-state index in [-0.39, 0.29) is 0 Å². The largest absolute Gasteiger partial charge is 0.345 e. The molecule has 1 aromatic heterocycles. The number of fused-ring (bicyclic) bond motifs is 1. The maximum absolute atomic E-state index is 11.9. The average Bonchev–Trinajstić information content (AvgIpc) is 3.03. The molecule has 3 aromatic rings. The first kappa shape index (κ1) is 14.3. The van der Waals surface area contributed by atoms with Gasteiger partial charge in [0.2, 0.25) is 0 Å². The van der Waals surface area contributed by atoms with Crippen LogP contribution in [-0.2, 0) is 9.59 Å². The molecule has 0 bridgehead atoms. The summed E-state index contributed by atoms with van der Waals surface area (Å²) in [5.74, 6) is -1.58. The molecule has 2 amide bonds. The molecule has 0 saturated carbocycles. The van der Waals surface area contributed by atoms with Gasteiger partial charge in [-0.05, 0) is 42.5 Å². The highest BCUT2D eigenvalue weighted by molar-refractivity contribution is 6.43. The third-order valence-electron chi connectivity index (χ3n) is 3.16. The zero-order valence-electron chi connectivity index (χ0n) is 11.8. The fourth-order valence-electron chi connectivity index (χ4n) is 2.02. The lowest BCUT2D eigenvalue weighted by molar-refractivity contribution is -0.132. The Morgan fingerprint density at radius 2 is 1.65 bits per heavy atom. The summed E-state index contributed by atoms with van der Waals surface area (Å²) >= 11 is 0. The van der Waals surface area contributed by atoms with E-state index >= 15 is 0 Å². The summed E-state index contributed by atoms with van der Waals surface area (Å²) < 4.78 is 0. The van der Waals surface area contributed by atoms with Crippen molar-refractivity contribution in [2.75, 3.05) is 10.6 Å². The molecule has 112 valence electrons. The first-order valence-electron chi connectivity index (χ1n) is 6.71. The number of aromatic nitrogens is 2. The van der Waals surface area contributed by atoms with Crippen molar-refractivity contribution >= 4 is 34.2 Å². The van der Waals surface area contributed by atoms with Crippen LogP contribution in [0.25, 0.3) is 11.0 Å². The summed E-state index contributed by atoms with van der Waals surface area (Å²) in [6.45, 7) is 0. The van der Waals surface area contributed by atoms with E-state index in [0.717, 1.165) is 11.0 Å². The zero-order valence-corrected chi connectivity index (χ0v) is 11.8. The Labute approximate surface area is 131 Å². The maximum atomic E-state index is 11.9. The van der Waals surface area contributed by atoms with Gasteiger partial charge in [0.25, 0.3) is 0 Å². The van der Waals surface area contributed by atoms with Gasteiger partial charge in [0.1, 0.15) is 0 Å². The van der Waals surface area contributed by atoms with E-state index in [2.05, 4.69) is 20.6 Å². The summed E-state index contributed by atoms with van der Waals surface area (Å²) in [5, 5.41) is 13.7. The van der Waals surface area contributed by atoms with Crippen LogP contribution in [0.4, 0.5) is 11.4 Å². The molecule has 7 heteroatoms. The molecular formula is C16H11N5O2. The van der Waals surface area contributed by atoms with Crippen LogP contribution in [0, 0.1) is 11.3 Å². The van der Waals surface area contributed by atoms with Gasteiger partial charge in [-0.25, -0.2) is 4.98 Å². The molecule has 23 heavy (non-hydrogen) atoms. The lowest BCUT2D eigenvalue weighted by Crippen LogP contribution is -2.29. The monoisotopic (exact) mass is 305 g/mol. The molecule has 7 nitrogen and oxygen atoms in total. The number of imidazole rings is 1. The number of hydrogen-bond donors (Lipinski definition) is 3. The average molecular weight is 305 g/mol. The lowest BCUT2D eigenvalue weighted by Gasteiger charge is -2.06. The summed E-state index contributed by atoms with van der Waals surface area (Å²) in [7, 11) is 0. The molecule has 2 aromatic carbocycles. The van der Waals surface area contributed by atoms with Gasteiger partial charge in [-0.2, -0.15) is 5.26 Å². The highest BCUT2D eigenvalue weighted by Crippen LogP contribution is 2.15. The minimum Gasteiger partial charge on any atom is -0.345 e. The predicted molar refractivity (Wildman–Crippen MR) is 84.5 cm³/mol. The Kier molecular flexibility index (Phi) is 3.72. The summed E-state index contributed by atoms with van der Waals surface area (Å²) in [4.78, 5) is 30.8. The van der Waals surface area contributed by atoms with Crippen LogP contribution < -0.4 is 10.6 Å².